The molecule has 20 heavy (non-hydrogen) atoms. The second kappa shape index (κ2) is 5.42. The Morgan fingerprint density at radius 3 is 2.95 bits per heavy atom. The van der Waals surface area contributed by atoms with Crippen molar-refractivity contribution in [3.63, 3.8) is 0 Å². The van der Waals surface area contributed by atoms with Crippen LogP contribution in [0.5, 0.6) is 11.5 Å². The van der Waals surface area contributed by atoms with Gasteiger partial charge in [-0.2, -0.15) is 0 Å². The molecule has 1 saturated heterocycles. The highest BCUT2D eigenvalue weighted by atomic mass is 16.7. The van der Waals surface area contributed by atoms with Crippen molar-refractivity contribution in [3.8, 4) is 11.5 Å². The first-order valence-electron chi connectivity index (χ1n) is 6.84. The van der Waals surface area contributed by atoms with Crippen molar-refractivity contribution >= 4 is 5.78 Å². The SMILES string of the molecule is CC(=O)[C@H]1C[C@@H](OCc2ccc3c(c2)OCO3)CN1C. The third-order valence-corrected chi connectivity index (χ3v) is 3.90. The first kappa shape index (κ1) is 13.4. The Balaban J connectivity index is 1.56. The van der Waals surface area contributed by atoms with Crippen molar-refractivity contribution in [1.29, 1.82) is 0 Å². The monoisotopic (exact) mass is 277 g/mol. The summed E-state index contributed by atoms with van der Waals surface area (Å²) in [5.41, 5.74) is 1.06. The average Bonchev–Trinajstić information content (AvgIpc) is 3.01. The minimum Gasteiger partial charge on any atom is -0.454 e. The van der Waals surface area contributed by atoms with E-state index in [1.165, 1.54) is 0 Å². The quantitative estimate of drug-likeness (QED) is 0.836. The van der Waals surface area contributed by atoms with Gasteiger partial charge in [0.2, 0.25) is 6.79 Å². The molecule has 0 N–H and O–H groups in total. The number of benzene rings is 1. The molecule has 0 amide bonds. The highest BCUT2D eigenvalue weighted by Crippen LogP contribution is 2.33. The molecule has 5 heteroatoms. The van der Waals surface area contributed by atoms with Crippen LogP contribution in [-0.4, -0.2) is 43.2 Å². The van der Waals surface area contributed by atoms with Crippen LogP contribution in [0.3, 0.4) is 0 Å². The van der Waals surface area contributed by atoms with Crippen molar-refractivity contribution < 1.29 is 19.0 Å². The number of ether oxygens (including phenoxy) is 3. The van der Waals surface area contributed by atoms with Gasteiger partial charge in [-0.05, 0) is 38.1 Å². The molecule has 1 fully saturated rings. The summed E-state index contributed by atoms with van der Waals surface area (Å²) in [6.07, 6.45) is 0.885. The summed E-state index contributed by atoms with van der Waals surface area (Å²) in [5.74, 6) is 1.77. The van der Waals surface area contributed by atoms with E-state index in [4.69, 9.17) is 14.2 Å². The number of hydrogen-bond donors (Lipinski definition) is 0. The van der Waals surface area contributed by atoms with E-state index in [0.29, 0.717) is 6.61 Å². The molecule has 0 saturated carbocycles. The summed E-state index contributed by atoms with van der Waals surface area (Å²) in [4.78, 5) is 13.5. The van der Waals surface area contributed by atoms with Crippen molar-refractivity contribution in [2.75, 3.05) is 20.4 Å². The van der Waals surface area contributed by atoms with E-state index in [1.54, 1.807) is 6.92 Å². The fourth-order valence-electron chi connectivity index (χ4n) is 2.79. The zero-order valence-corrected chi connectivity index (χ0v) is 11.8. The third kappa shape index (κ3) is 2.64. The zero-order chi connectivity index (χ0) is 14.1. The number of fused-ring (bicyclic) bond motifs is 1. The number of ketones is 1. The largest absolute Gasteiger partial charge is 0.454 e. The van der Waals surface area contributed by atoms with Crippen LogP contribution in [0, 0.1) is 0 Å². The second-order valence-corrected chi connectivity index (χ2v) is 5.42. The van der Waals surface area contributed by atoms with Gasteiger partial charge in [0.25, 0.3) is 0 Å². The van der Waals surface area contributed by atoms with Crippen LogP contribution in [0.25, 0.3) is 0 Å². The van der Waals surface area contributed by atoms with Gasteiger partial charge >= 0.3 is 0 Å². The van der Waals surface area contributed by atoms with Crippen LogP contribution in [0.4, 0.5) is 0 Å². The Bertz CT molecular complexity index is 517. The minimum absolute atomic E-state index is 0.00301. The summed E-state index contributed by atoms with van der Waals surface area (Å²) in [7, 11) is 1.97. The Hall–Kier alpha value is -1.59. The predicted molar refractivity (Wildman–Crippen MR) is 72.9 cm³/mol. The first-order valence-corrected chi connectivity index (χ1v) is 6.84. The molecular formula is C15H19NO4. The number of carbonyl (C=O) groups excluding carboxylic acids is 1. The molecule has 0 unspecified atom stereocenters. The number of nitrogens with zero attached hydrogens (tertiary/aromatic N) is 1. The average molecular weight is 277 g/mol. The lowest BCUT2D eigenvalue weighted by Crippen LogP contribution is -2.30. The normalized spacial score (nSPS) is 25.1. The van der Waals surface area contributed by atoms with Crippen LogP contribution < -0.4 is 9.47 Å². The standard InChI is InChI=1S/C15H19NO4/c1-10(17)13-6-12(7-16(13)2)18-8-11-3-4-14-15(5-11)20-9-19-14/h3-5,12-13H,6-9H2,1-2H3/t12-,13-/m1/s1. The molecule has 0 bridgehead atoms. The molecule has 2 atom stereocenters. The second-order valence-electron chi connectivity index (χ2n) is 5.42. The molecule has 1 aromatic rings. The van der Waals surface area contributed by atoms with Crippen LogP contribution in [0.15, 0.2) is 18.2 Å². The summed E-state index contributed by atoms with van der Waals surface area (Å²) in [6, 6.07) is 5.83. The van der Waals surface area contributed by atoms with E-state index < -0.39 is 0 Å². The smallest absolute Gasteiger partial charge is 0.231 e. The van der Waals surface area contributed by atoms with Crippen molar-refractivity contribution in [2.45, 2.75) is 32.1 Å². The summed E-state index contributed by atoms with van der Waals surface area (Å²) < 4.78 is 16.5. The molecule has 2 aliphatic rings. The zero-order valence-electron chi connectivity index (χ0n) is 11.8. The fraction of sp³-hybridized carbons (Fsp3) is 0.533. The first-order chi connectivity index (χ1) is 9.63. The number of likely N-dealkylation sites (tertiary alicyclic amines) is 1. The van der Waals surface area contributed by atoms with Gasteiger partial charge in [-0.1, -0.05) is 6.07 Å². The molecule has 0 aliphatic carbocycles. The number of rotatable bonds is 4. The highest BCUT2D eigenvalue weighted by molar-refractivity contribution is 5.81. The van der Waals surface area contributed by atoms with E-state index >= 15 is 0 Å². The summed E-state index contributed by atoms with van der Waals surface area (Å²) in [6.45, 7) is 3.25. The molecule has 2 aliphatic heterocycles. The van der Waals surface area contributed by atoms with Crippen LogP contribution in [0.1, 0.15) is 18.9 Å². The lowest BCUT2D eigenvalue weighted by Gasteiger charge is -2.14. The van der Waals surface area contributed by atoms with Crippen LogP contribution in [0.2, 0.25) is 0 Å². The van der Waals surface area contributed by atoms with Crippen LogP contribution in [-0.2, 0) is 16.1 Å². The lowest BCUT2D eigenvalue weighted by atomic mass is 10.1. The Morgan fingerprint density at radius 2 is 2.20 bits per heavy atom. The van der Waals surface area contributed by atoms with Crippen molar-refractivity contribution in [2.24, 2.45) is 0 Å². The Labute approximate surface area is 118 Å². The lowest BCUT2D eigenvalue weighted by molar-refractivity contribution is -0.120. The predicted octanol–water partition coefficient (Wildman–Crippen LogP) is 1.59. The maximum absolute atomic E-state index is 11.5. The molecule has 0 aromatic heterocycles. The van der Waals surface area contributed by atoms with Gasteiger partial charge < -0.3 is 14.2 Å². The van der Waals surface area contributed by atoms with Gasteiger partial charge in [-0.3, -0.25) is 9.69 Å². The molecule has 1 aromatic carbocycles. The maximum atomic E-state index is 11.5. The molecule has 3 rings (SSSR count). The Morgan fingerprint density at radius 1 is 1.40 bits per heavy atom. The van der Waals surface area contributed by atoms with Crippen LogP contribution >= 0.6 is 0 Å². The number of carbonyl (C=O) groups is 1. The Kier molecular flexibility index (Phi) is 3.63. The molecule has 5 nitrogen and oxygen atoms in total. The van der Waals surface area contributed by atoms with Gasteiger partial charge in [0, 0.05) is 6.54 Å². The van der Waals surface area contributed by atoms with E-state index in [2.05, 4.69) is 4.90 Å². The van der Waals surface area contributed by atoms with Gasteiger partial charge in [0.15, 0.2) is 11.5 Å². The van der Waals surface area contributed by atoms with Gasteiger partial charge in [0.05, 0.1) is 18.8 Å². The van der Waals surface area contributed by atoms with Crippen molar-refractivity contribution in [1.82, 2.24) is 4.90 Å². The van der Waals surface area contributed by atoms with E-state index in [1.807, 2.05) is 25.2 Å². The fourth-order valence-corrected chi connectivity index (χ4v) is 2.79. The van der Waals surface area contributed by atoms with E-state index in [9.17, 15) is 4.79 Å². The number of Topliss-reactive ketones (excluding diaryl/α,β-unsaturated/α-hetero) is 1. The maximum Gasteiger partial charge on any atom is 0.231 e. The van der Waals surface area contributed by atoms with E-state index in [0.717, 1.165) is 30.0 Å². The molecule has 0 radical (unpaired) electrons. The molecule has 0 spiro atoms. The van der Waals surface area contributed by atoms with Gasteiger partial charge in [-0.15, -0.1) is 0 Å². The minimum atomic E-state index is -0.00301. The van der Waals surface area contributed by atoms with E-state index in [-0.39, 0.29) is 24.7 Å². The molecule has 2 heterocycles. The topological polar surface area (TPSA) is 48.0 Å². The summed E-state index contributed by atoms with van der Waals surface area (Å²) >= 11 is 0. The summed E-state index contributed by atoms with van der Waals surface area (Å²) in [5, 5.41) is 0. The number of hydrogen-bond acceptors (Lipinski definition) is 5. The molecular weight excluding hydrogens is 258 g/mol. The number of likely N-dealkylation sites (N-methyl/N-ethyl adjacent to an activating group) is 1. The van der Waals surface area contributed by atoms with Gasteiger partial charge in [-0.25, -0.2) is 0 Å². The highest BCUT2D eigenvalue weighted by Gasteiger charge is 2.32. The van der Waals surface area contributed by atoms with Crippen molar-refractivity contribution in [3.05, 3.63) is 23.8 Å². The third-order valence-electron chi connectivity index (χ3n) is 3.90. The molecule has 108 valence electrons. The van der Waals surface area contributed by atoms with Gasteiger partial charge in [0.1, 0.15) is 5.78 Å².